The van der Waals surface area contributed by atoms with Gasteiger partial charge in [0, 0.05) is 17.9 Å². The highest BCUT2D eigenvalue weighted by molar-refractivity contribution is 7.78. The molecule has 0 spiro atoms. The summed E-state index contributed by atoms with van der Waals surface area (Å²) >= 11 is -1.57. The van der Waals surface area contributed by atoms with E-state index in [1.54, 1.807) is 6.07 Å². The summed E-state index contributed by atoms with van der Waals surface area (Å²) in [7, 11) is 1.39. The van der Waals surface area contributed by atoms with Crippen LogP contribution in [0.4, 0.5) is 16.2 Å². The minimum atomic E-state index is -1.57. The van der Waals surface area contributed by atoms with E-state index in [1.165, 1.54) is 70.6 Å². The van der Waals surface area contributed by atoms with Crippen molar-refractivity contribution in [2.24, 2.45) is 0 Å². The topological polar surface area (TPSA) is 117 Å². The first-order chi connectivity index (χ1) is 19.4. The van der Waals surface area contributed by atoms with Crippen LogP contribution in [0.5, 0.6) is 5.75 Å². The van der Waals surface area contributed by atoms with Crippen LogP contribution < -0.4 is 14.9 Å². The summed E-state index contributed by atoms with van der Waals surface area (Å²) < 4.78 is 24.8. The summed E-state index contributed by atoms with van der Waals surface area (Å²) in [6.45, 7) is 5.25. The van der Waals surface area contributed by atoms with E-state index < -0.39 is 17.4 Å². The van der Waals surface area contributed by atoms with Crippen molar-refractivity contribution in [3.63, 3.8) is 0 Å². The Labute approximate surface area is 241 Å². The molecule has 2 aromatic carbocycles. The average molecular weight is 576 g/mol. The number of hydrogen-bond donors (Lipinski definition) is 3. The third-order valence-corrected chi connectivity index (χ3v) is 7.38. The molecule has 0 radical (unpaired) electrons. The average Bonchev–Trinajstić information content (AvgIpc) is 2.95. The van der Waals surface area contributed by atoms with E-state index in [2.05, 4.69) is 21.9 Å². The number of amides is 1. The van der Waals surface area contributed by atoms with Crippen LogP contribution in [0.1, 0.15) is 92.6 Å². The largest absolute Gasteiger partial charge is 0.507 e. The number of aromatic hydroxyl groups is 1. The van der Waals surface area contributed by atoms with Gasteiger partial charge in [-0.1, -0.05) is 70.8 Å². The number of phenols is 1. The summed E-state index contributed by atoms with van der Waals surface area (Å²) in [5.74, 6) is -0.158. The van der Waals surface area contributed by atoms with Crippen LogP contribution in [0, 0.1) is 6.92 Å². The summed E-state index contributed by atoms with van der Waals surface area (Å²) in [5, 5.41) is 12.5. The fourth-order valence-electron chi connectivity index (χ4n) is 4.34. The molecule has 10 heteroatoms. The van der Waals surface area contributed by atoms with Crippen molar-refractivity contribution in [3.8, 4) is 5.75 Å². The number of phenolic OH excluding ortho intramolecular Hbond substituents is 1. The number of nitrogens with zero attached hydrogens (tertiary/aromatic N) is 1. The maximum absolute atomic E-state index is 12.4. The first kappa shape index (κ1) is 33.3. The first-order valence-electron chi connectivity index (χ1n) is 14.1. The third-order valence-electron chi connectivity index (χ3n) is 6.71. The highest BCUT2D eigenvalue weighted by atomic mass is 32.2. The second-order valence-electron chi connectivity index (χ2n) is 9.86. The van der Waals surface area contributed by atoms with Crippen molar-refractivity contribution in [2.45, 2.75) is 84.7 Å². The second kappa shape index (κ2) is 19.2. The summed E-state index contributed by atoms with van der Waals surface area (Å²) in [6.07, 6.45) is 12.5. The number of nitrogens with one attached hydrogen (secondary N) is 2. The molecule has 0 saturated carbocycles. The molecule has 0 bridgehead atoms. The molecule has 222 valence electrons. The lowest BCUT2D eigenvalue weighted by atomic mass is 10.1. The van der Waals surface area contributed by atoms with Crippen LogP contribution >= 0.6 is 0 Å². The van der Waals surface area contributed by atoms with E-state index in [9.17, 15) is 18.9 Å². The van der Waals surface area contributed by atoms with Gasteiger partial charge in [-0.2, -0.15) is 4.72 Å². The second-order valence-corrected chi connectivity index (χ2v) is 11.0. The van der Waals surface area contributed by atoms with Crippen LogP contribution in [-0.2, 0) is 26.8 Å². The van der Waals surface area contributed by atoms with Gasteiger partial charge >= 0.3 is 6.09 Å². The number of aldehydes is 1. The first-order valence-corrected chi connectivity index (χ1v) is 15.2. The summed E-state index contributed by atoms with van der Waals surface area (Å²) in [4.78, 5) is 25.3. The number of ether oxygens (including phenoxy) is 1. The smallest absolute Gasteiger partial charge is 0.411 e. The molecule has 1 atom stereocenters. The van der Waals surface area contributed by atoms with E-state index >= 15 is 0 Å². The van der Waals surface area contributed by atoms with E-state index in [4.69, 9.17) is 8.92 Å². The summed E-state index contributed by atoms with van der Waals surface area (Å²) in [5.41, 5.74) is 3.14. The molecular weight excluding hydrogens is 530 g/mol. The van der Waals surface area contributed by atoms with Crippen LogP contribution in [0.15, 0.2) is 36.4 Å². The third kappa shape index (κ3) is 12.5. The molecule has 0 saturated heterocycles. The monoisotopic (exact) mass is 575 g/mol. The molecule has 2 rings (SSSR count). The fraction of sp³-hybridized carbons (Fsp3) is 0.533. The van der Waals surface area contributed by atoms with Gasteiger partial charge in [0.15, 0.2) is 6.29 Å². The van der Waals surface area contributed by atoms with Gasteiger partial charge in [-0.25, -0.2) is 9.00 Å². The van der Waals surface area contributed by atoms with Gasteiger partial charge in [0.2, 0.25) is 11.3 Å². The van der Waals surface area contributed by atoms with E-state index in [0.29, 0.717) is 24.2 Å². The number of aryl methyl sites for hydroxylation is 1. The van der Waals surface area contributed by atoms with Crippen molar-refractivity contribution in [3.05, 3.63) is 53.1 Å². The summed E-state index contributed by atoms with van der Waals surface area (Å²) in [6, 6.07) is 10.2. The van der Waals surface area contributed by atoms with E-state index in [1.807, 2.05) is 25.1 Å². The minimum Gasteiger partial charge on any atom is -0.507 e. The number of rotatable bonds is 20. The van der Waals surface area contributed by atoms with Crippen molar-refractivity contribution in [1.29, 1.82) is 0 Å². The maximum atomic E-state index is 12.4. The zero-order chi connectivity index (χ0) is 29.2. The van der Waals surface area contributed by atoms with Crippen LogP contribution in [0.3, 0.4) is 0 Å². The van der Waals surface area contributed by atoms with Crippen molar-refractivity contribution in [1.82, 2.24) is 4.72 Å². The Bertz CT molecular complexity index is 1080. The van der Waals surface area contributed by atoms with Gasteiger partial charge in [0.1, 0.15) is 12.4 Å². The molecule has 1 amide bonds. The highest BCUT2D eigenvalue weighted by Gasteiger charge is 2.12. The van der Waals surface area contributed by atoms with Gasteiger partial charge in [0.25, 0.3) is 0 Å². The Morgan fingerprint density at radius 1 is 1.00 bits per heavy atom. The Hall–Kier alpha value is -2.95. The van der Waals surface area contributed by atoms with Crippen molar-refractivity contribution < 1.29 is 27.8 Å². The minimum absolute atomic E-state index is 0.0510. The van der Waals surface area contributed by atoms with Gasteiger partial charge in [-0.3, -0.25) is 14.3 Å². The number of benzene rings is 2. The van der Waals surface area contributed by atoms with Gasteiger partial charge in [-0.05, 0) is 54.8 Å². The molecule has 0 aliphatic carbocycles. The molecular formula is C30H45N3O6S. The lowest BCUT2D eigenvalue weighted by Gasteiger charge is -2.25. The molecule has 0 aromatic heterocycles. The Morgan fingerprint density at radius 2 is 1.68 bits per heavy atom. The standard InChI is InChI=1S/C30H45N3O6S/c1-4-5-6-7-8-9-10-11-12-13-18-33(23-31-40(37)38-3)27-16-17-28(24(2)19-27)32-30(36)39-22-25-14-15-26(21-34)29(35)20-25/h14-17,19-21,31,35H,4-13,18,22-23H2,1-3H3,(H,32,36). The van der Waals surface area contributed by atoms with Crippen molar-refractivity contribution >= 4 is 35.0 Å². The van der Waals surface area contributed by atoms with Crippen LogP contribution in [0.2, 0.25) is 0 Å². The van der Waals surface area contributed by atoms with Gasteiger partial charge in [-0.15, -0.1) is 0 Å². The van der Waals surface area contributed by atoms with Crippen LogP contribution in [0.25, 0.3) is 0 Å². The number of anilines is 2. The Kier molecular flexibility index (Phi) is 15.9. The maximum Gasteiger partial charge on any atom is 0.411 e. The number of unbranched alkanes of at least 4 members (excludes halogenated alkanes) is 9. The number of carbonyl (C=O) groups excluding carboxylic acids is 2. The normalized spacial score (nSPS) is 11.7. The molecule has 40 heavy (non-hydrogen) atoms. The number of hydrogen-bond acceptors (Lipinski definition) is 7. The predicted octanol–water partition coefficient (Wildman–Crippen LogP) is 6.76. The Morgan fingerprint density at radius 3 is 2.27 bits per heavy atom. The molecule has 2 aromatic rings. The lowest BCUT2D eigenvalue weighted by molar-refractivity contribution is 0.112. The quantitative estimate of drug-likeness (QED) is 0.0907. The molecule has 0 aliphatic heterocycles. The lowest BCUT2D eigenvalue weighted by Crippen LogP contribution is -2.36. The van der Waals surface area contributed by atoms with Crippen LogP contribution in [-0.4, -0.2) is 42.0 Å². The molecule has 1 unspecified atom stereocenters. The van der Waals surface area contributed by atoms with Gasteiger partial charge < -0.3 is 14.7 Å². The molecule has 3 N–H and O–H groups in total. The molecule has 0 fully saturated rings. The van der Waals surface area contributed by atoms with E-state index in [0.717, 1.165) is 30.6 Å². The zero-order valence-corrected chi connectivity index (χ0v) is 24.9. The fourth-order valence-corrected chi connectivity index (χ4v) is 4.72. The molecule has 9 nitrogen and oxygen atoms in total. The SMILES string of the molecule is CCCCCCCCCCCCN(CNS(=O)OC)c1ccc(NC(=O)OCc2ccc(C=O)c(O)c2)c(C)c1. The van der Waals surface area contributed by atoms with Crippen molar-refractivity contribution in [2.75, 3.05) is 30.5 Å². The predicted molar refractivity (Wildman–Crippen MR) is 161 cm³/mol. The molecule has 0 aliphatic rings. The van der Waals surface area contributed by atoms with Gasteiger partial charge in [0.05, 0.1) is 19.3 Å². The molecule has 0 heterocycles. The Balaban J connectivity index is 1.87. The zero-order valence-electron chi connectivity index (χ0n) is 24.1. The highest BCUT2D eigenvalue weighted by Crippen LogP contribution is 2.24. The number of carbonyl (C=O) groups is 2. The van der Waals surface area contributed by atoms with E-state index in [-0.39, 0.29) is 17.9 Å².